The number of hydrogen-bond donors (Lipinski definition) is 0. The first kappa shape index (κ1) is 22.4. The molecule has 30 heavy (non-hydrogen) atoms. The average molecular weight is 574 g/mol. The monoisotopic (exact) mass is 573 g/mol. The number of hydrogen-bond acceptors (Lipinski definition) is 3. The fraction of sp³-hybridized carbons (Fsp3) is 0.160. The van der Waals surface area contributed by atoms with Crippen LogP contribution in [-0.2, 0) is 6.61 Å². The van der Waals surface area contributed by atoms with E-state index in [2.05, 4.69) is 44.6 Å². The van der Waals surface area contributed by atoms with Gasteiger partial charge >= 0.3 is 0 Å². The lowest BCUT2D eigenvalue weighted by Gasteiger charge is -2.15. The molecule has 152 valence electrons. The van der Waals surface area contributed by atoms with Gasteiger partial charge in [-0.3, -0.25) is 0 Å². The van der Waals surface area contributed by atoms with E-state index in [9.17, 15) is 5.26 Å². The highest BCUT2D eigenvalue weighted by Crippen LogP contribution is 2.36. The Bertz CT molecular complexity index is 1080. The van der Waals surface area contributed by atoms with Crippen molar-refractivity contribution in [3.63, 3.8) is 0 Å². The molecular weight excluding hydrogens is 553 g/mol. The molecule has 0 aliphatic carbocycles. The molecule has 0 aliphatic rings. The standard InChI is InChI=1S/C25H21BrINO2/c1-3-29-24-14-19(12-21(15-28)20-8-4-17(2)5-9-20)13-23(27)25(24)30-16-18-6-10-22(26)11-7-18/h4-14H,3,16H2,1-2H3/b21-12-. The summed E-state index contributed by atoms with van der Waals surface area (Å²) in [7, 11) is 0. The van der Waals surface area contributed by atoms with Gasteiger partial charge in [0.2, 0.25) is 0 Å². The topological polar surface area (TPSA) is 42.2 Å². The van der Waals surface area contributed by atoms with Crippen molar-refractivity contribution < 1.29 is 9.47 Å². The second kappa shape index (κ2) is 10.6. The Morgan fingerprint density at radius 1 is 1.07 bits per heavy atom. The maximum Gasteiger partial charge on any atom is 0.175 e. The lowest BCUT2D eigenvalue weighted by molar-refractivity contribution is 0.267. The van der Waals surface area contributed by atoms with E-state index in [-0.39, 0.29) is 0 Å². The Labute approximate surface area is 199 Å². The molecule has 0 unspecified atom stereocenters. The van der Waals surface area contributed by atoms with Crippen molar-refractivity contribution in [1.29, 1.82) is 5.26 Å². The van der Waals surface area contributed by atoms with E-state index >= 15 is 0 Å². The van der Waals surface area contributed by atoms with E-state index in [0.29, 0.717) is 30.3 Å². The summed E-state index contributed by atoms with van der Waals surface area (Å²) in [5.74, 6) is 1.39. The fourth-order valence-corrected chi connectivity index (χ4v) is 3.94. The van der Waals surface area contributed by atoms with Crippen LogP contribution in [0.5, 0.6) is 11.5 Å². The summed E-state index contributed by atoms with van der Waals surface area (Å²) in [6.45, 7) is 4.95. The summed E-state index contributed by atoms with van der Waals surface area (Å²) in [4.78, 5) is 0. The van der Waals surface area contributed by atoms with Gasteiger partial charge in [0.15, 0.2) is 11.5 Å². The van der Waals surface area contributed by atoms with E-state index in [1.165, 1.54) is 0 Å². The predicted molar refractivity (Wildman–Crippen MR) is 133 cm³/mol. The van der Waals surface area contributed by atoms with Crippen LogP contribution in [0, 0.1) is 21.8 Å². The maximum atomic E-state index is 9.66. The molecule has 3 aromatic carbocycles. The molecule has 0 heterocycles. The Balaban J connectivity index is 1.90. The normalized spacial score (nSPS) is 11.1. The van der Waals surface area contributed by atoms with Crippen molar-refractivity contribution in [1.82, 2.24) is 0 Å². The Morgan fingerprint density at radius 2 is 1.77 bits per heavy atom. The molecule has 0 aliphatic heterocycles. The summed E-state index contributed by atoms with van der Waals surface area (Å²) in [5, 5.41) is 9.66. The highest BCUT2D eigenvalue weighted by molar-refractivity contribution is 14.1. The number of allylic oxidation sites excluding steroid dienone is 1. The average Bonchev–Trinajstić information content (AvgIpc) is 2.73. The minimum atomic E-state index is 0.450. The van der Waals surface area contributed by atoms with E-state index in [0.717, 1.165) is 30.3 Å². The first-order chi connectivity index (χ1) is 14.5. The third kappa shape index (κ3) is 5.87. The van der Waals surface area contributed by atoms with Gasteiger partial charge in [0.1, 0.15) is 6.61 Å². The van der Waals surface area contributed by atoms with Crippen LogP contribution < -0.4 is 9.47 Å². The maximum absolute atomic E-state index is 9.66. The third-order valence-corrected chi connectivity index (χ3v) is 5.75. The van der Waals surface area contributed by atoms with E-state index in [4.69, 9.17) is 9.47 Å². The van der Waals surface area contributed by atoms with Gasteiger partial charge < -0.3 is 9.47 Å². The number of halogens is 2. The van der Waals surface area contributed by atoms with Crippen LogP contribution in [0.2, 0.25) is 0 Å². The van der Waals surface area contributed by atoms with Crippen molar-refractivity contribution in [2.45, 2.75) is 20.5 Å². The molecule has 0 fully saturated rings. The molecule has 0 aromatic heterocycles. The zero-order valence-corrected chi connectivity index (χ0v) is 20.5. The van der Waals surface area contributed by atoms with E-state index < -0.39 is 0 Å². The zero-order valence-electron chi connectivity index (χ0n) is 16.8. The van der Waals surface area contributed by atoms with Crippen LogP contribution >= 0.6 is 38.5 Å². The van der Waals surface area contributed by atoms with Gasteiger partial charge in [-0.25, -0.2) is 0 Å². The van der Waals surface area contributed by atoms with Gasteiger partial charge in [0, 0.05) is 4.47 Å². The second-order valence-corrected chi connectivity index (χ2v) is 8.79. The molecule has 5 heteroatoms. The lowest BCUT2D eigenvalue weighted by Crippen LogP contribution is -2.02. The van der Waals surface area contributed by atoms with Gasteiger partial charge in [0.05, 0.1) is 21.8 Å². The molecule has 3 aromatic rings. The van der Waals surface area contributed by atoms with Crippen LogP contribution in [0.15, 0.2) is 65.1 Å². The van der Waals surface area contributed by atoms with Crippen molar-refractivity contribution in [2.24, 2.45) is 0 Å². The minimum absolute atomic E-state index is 0.450. The van der Waals surface area contributed by atoms with Gasteiger partial charge in [-0.2, -0.15) is 5.26 Å². The van der Waals surface area contributed by atoms with E-state index in [1.807, 2.05) is 80.6 Å². The molecule has 0 amide bonds. The predicted octanol–water partition coefficient (Wildman–Crippen LogP) is 7.40. The second-order valence-electron chi connectivity index (χ2n) is 6.71. The number of aryl methyl sites for hydroxylation is 1. The molecule has 0 atom stereocenters. The molecule has 0 saturated carbocycles. The smallest absolute Gasteiger partial charge is 0.175 e. The van der Waals surface area contributed by atoms with Crippen LogP contribution in [0.3, 0.4) is 0 Å². The Hall–Kier alpha value is -2.30. The fourth-order valence-electron chi connectivity index (χ4n) is 2.89. The molecule has 0 bridgehead atoms. The number of benzene rings is 3. The van der Waals surface area contributed by atoms with Crippen LogP contribution in [0.1, 0.15) is 29.2 Å². The van der Waals surface area contributed by atoms with Crippen LogP contribution in [0.25, 0.3) is 11.6 Å². The number of ether oxygens (including phenoxy) is 2. The molecule has 0 radical (unpaired) electrons. The first-order valence-corrected chi connectivity index (χ1v) is 11.4. The van der Waals surface area contributed by atoms with E-state index in [1.54, 1.807) is 0 Å². The number of nitriles is 1. The van der Waals surface area contributed by atoms with Crippen LogP contribution in [0.4, 0.5) is 0 Å². The first-order valence-electron chi connectivity index (χ1n) is 9.52. The summed E-state index contributed by atoms with van der Waals surface area (Å²) < 4.78 is 13.9. The molecule has 0 N–H and O–H groups in total. The largest absolute Gasteiger partial charge is 0.490 e. The molecule has 3 nitrogen and oxygen atoms in total. The summed E-state index contributed by atoms with van der Waals surface area (Å²) >= 11 is 5.70. The molecule has 0 saturated heterocycles. The molecular formula is C25H21BrINO2. The number of nitrogens with zero attached hydrogens (tertiary/aromatic N) is 1. The van der Waals surface area contributed by atoms with Crippen molar-refractivity contribution in [3.8, 4) is 17.6 Å². The molecule has 3 rings (SSSR count). The highest BCUT2D eigenvalue weighted by Gasteiger charge is 2.13. The third-order valence-electron chi connectivity index (χ3n) is 4.42. The lowest BCUT2D eigenvalue weighted by atomic mass is 10.0. The zero-order chi connectivity index (χ0) is 21.5. The minimum Gasteiger partial charge on any atom is -0.490 e. The molecule has 0 spiro atoms. The Kier molecular flexibility index (Phi) is 7.94. The van der Waals surface area contributed by atoms with Gasteiger partial charge in [-0.15, -0.1) is 0 Å². The van der Waals surface area contributed by atoms with Crippen molar-refractivity contribution >= 4 is 50.2 Å². The van der Waals surface area contributed by atoms with Gasteiger partial charge in [0.25, 0.3) is 0 Å². The van der Waals surface area contributed by atoms with Crippen molar-refractivity contribution in [2.75, 3.05) is 6.61 Å². The van der Waals surface area contributed by atoms with Gasteiger partial charge in [-0.1, -0.05) is 57.9 Å². The van der Waals surface area contributed by atoms with Gasteiger partial charge in [-0.05, 0) is 83.5 Å². The Morgan fingerprint density at radius 3 is 2.40 bits per heavy atom. The SMILES string of the molecule is CCOc1cc(/C=C(/C#N)c2ccc(C)cc2)cc(I)c1OCc1ccc(Br)cc1. The highest BCUT2D eigenvalue weighted by atomic mass is 127. The summed E-state index contributed by atoms with van der Waals surface area (Å²) in [6.07, 6.45) is 1.88. The van der Waals surface area contributed by atoms with Crippen LogP contribution in [-0.4, -0.2) is 6.61 Å². The summed E-state index contributed by atoms with van der Waals surface area (Å²) in [5.41, 5.74) is 4.64. The quantitative estimate of drug-likeness (QED) is 0.168. The summed E-state index contributed by atoms with van der Waals surface area (Å²) in [6, 6.07) is 22.2. The van der Waals surface area contributed by atoms with Crippen molar-refractivity contribution in [3.05, 3.63) is 91.0 Å². The number of rotatable bonds is 7.